The summed E-state index contributed by atoms with van der Waals surface area (Å²) in [5.74, 6) is -0.870. The molecule has 2 aromatic heterocycles. The van der Waals surface area contributed by atoms with Gasteiger partial charge in [-0.2, -0.15) is 0 Å². The first-order valence-electron chi connectivity index (χ1n) is 14.5. The molecule has 0 unspecified atom stereocenters. The summed E-state index contributed by atoms with van der Waals surface area (Å²) in [6, 6.07) is 30.6. The number of hydrogen-bond acceptors (Lipinski definition) is 9. The third-order valence-electron chi connectivity index (χ3n) is 7.75. The SMILES string of the molecule is O=C(Nc1ccc(S(=O)(=O)Nc2nc(-c3ccccc3)cs2)cc1)c1cc([N+](=O)[O-])c(-n2c3ccccc3c3ccccc32)c([N+](=O)[O-])c1. The van der Waals surface area contributed by atoms with Crippen LogP contribution in [0.25, 0.3) is 38.8 Å². The highest BCUT2D eigenvalue weighted by molar-refractivity contribution is 7.93. The summed E-state index contributed by atoms with van der Waals surface area (Å²) in [5.41, 5.74) is 0.729. The molecular formula is C34H22N6O7S2. The number of thiazole rings is 1. The number of anilines is 2. The summed E-state index contributed by atoms with van der Waals surface area (Å²) >= 11 is 1.13. The first kappa shape index (κ1) is 31.2. The minimum atomic E-state index is -4.03. The molecule has 0 spiro atoms. The molecule has 242 valence electrons. The van der Waals surface area contributed by atoms with Crippen molar-refractivity contribution in [2.75, 3.05) is 10.0 Å². The van der Waals surface area contributed by atoms with Gasteiger partial charge in [0.25, 0.3) is 15.9 Å². The molecular weight excluding hydrogens is 669 g/mol. The van der Waals surface area contributed by atoms with Crippen LogP contribution in [0.2, 0.25) is 0 Å². The van der Waals surface area contributed by atoms with Crippen LogP contribution in [0.15, 0.2) is 126 Å². The van der Waals surface area contributed by atoms with E-state index in [0.717, 1.165) is 39.8 Å². The van der Waals surface area contributed by atoms with Crippen molar-refractivity contribution in [3.8, 4) is 16.9 Å². The van der Waals surface area contributed by atoms with Gasteiger partial charge in [-0.15, -0.1) is 11.3 Å². The number of nitrogens with zero attached hydrogens (tertiary/aromatic N) is 4. The molecule has 49 heavy (non-hydrogen) atoms. The Morgan fingerprint density at radius 3 is 1.88 bits per heavy atom. The number of nitro benzene ring substituents is 2. The number of sulfonamides is 1. The minimum absolute atomic E-state index is 0.108. The van der Waals surface area contributed by atoms with Crippen LogP contribution < -0.4 is 10.0 Å². The van der Waals surface area contributed by atoms with Crippen LogP contribution in [0.5, 0.6) is 0 Å². The van der Waals surface area contributed by atoms with Crippen molar-refractivity contribution in [1.29, 1.82) is 0 Å². The fraction of sp³-hybridized carbons (Fsp3) is 0. The number of nitro groups is 2. The first-order chi connectivity index (χ1) is 23.6. The highest BCUT2D eigenvalue weighted by atomic mass is 32.2. The summed E-state index contributed by atoms with van der Waals surface area (Å²) in [5, 5.41) is 30.7. The smallest absolute Gasteiger partial charge is 0.301 e. The fourth-order valence-corrected chi connectivity index (χ4v) is 7.54. The van der Waals surface area contributed by atoms with E-state index < -0.39 is 37.2 Å². The molecule has 0 aliphatic heterocycles. The van der Waals surface area contributed by atoms with Gasteiger partial charge in [0.1, 0.15) is 0 Å². The van der Waals surface area contributed by atoms with E-state index in [2.05, 4.69) is 15.0 Å². The van der Waals surface area contributed by atoms with Gasteiger partial charge in [0.05, 0.1) is 37.0 Å². The molecule has 0 aliphatic carbocycles. The second-order valence-electron chi connectivity index (χ2n) is 10.7. The monoisotopic (exact) mass is 690 g/mol. The van der Waals surface area contributed by atoms with Crippen LogP contribution >= 0.6 is 11.3 Å². The number of fused-ring (bicyclic) bond motifs is 3. The zero-order valence-electron chi connectivity index (χ0n) is 25.0. The Balaban J connectivity index is 1.18. The summed E-state index contributed by atoms with van der Waals surface area (Å²) in [6.45, 7) is 0. The van der Waals surface area contributed by atoms with E-state index in [1.807, 2.05) is 42.5 Å². The van der Waals surface area contributed by atoms with Crippen molar-refractivity contribution in [3.05, 3.63) is 146 Å². The Labute approximate surface area is 281 Å². The van der Waals surface area contributed by atoms with Crippen molar-refractivity contribution < 1.29 is 23.1 Å². The molecule has 5 aromatic carbocycles. The van der Waals surface area contributed by atoms with E-state index in [9.17, 15) is 33.4 Å². The molecule has 0 aliphatic rings. The minimum Gasteiger partial charge on any atom is -0.322 e. The molecule has 0 bridgehead atoms. The average molecular weight is 691 g/mol. The molecule has 2 N–H and O–H groups in total. The lowest BCUT2D eigenvalue weighted by molar-refractivity contribution is -0.393. The number of carbonyl (C=O) groups is 1. The summed E-state index contributed by atoms with van der Waals surface area (Å²) in [4.78, 5) is 40.8. The Bertz CT molecular complexity index is 2460. The maximum Gasteiger partial charge on any atom is 0.301 e. The second kappa shape index (κ2) is 12.3. The van der Waals surface area contributed by atoms with Crippen LogP contribution in [-0.2, 0) is 10.0 Å². The van der Waals surface area contributed by atoms with E-state index in [1.54, 1.807) is 41.8 Å². The predicted octanol–water partition coefficient (Wildman–Crippen LogP) is 7.78. The number of hydrogen-bond donors (Lipinski definition) is 2. The quantitative estimate of drug-likeness (QED) is 0.114. The van der Waals surface area contributed by atoms with Gasteiger partial charge in [0.15, 0.2) is 5.13 Å². The van der Waals surface area contributed by atoms with E-state index in [4.69, 9.17) is 0 Å². The van der Waals surface area contributed by atoms with E-state index in [0.29, 0.717) is 16.7 Å². The molecule has 0 radical (unpaired) electrons. The van der Waals surface area contributed by atoms with Gasteiger partial charge >= 0.3 is 11.4 Å². The molecule has 7 aromatic rings. The number of para-hydroxylation sites is 2. The van der Waals surface area contributed by atoms with Crippen molar-refractivity contribution in [1.82, 2.24) is 9.55 Å². The number of rotatable bonds is 9. The fourth-order valence-electron chi connectivity index (χ4n) is 5.56. The number of benzene rings is 5. The third-order valence-corrected chi connectivity index (χ3v) is 9.99. The lowest BCUT2D eigenvalue weighted by Gasteiger charge is -2.12. The van der Waals surface area contributed by atoms with Gasteiger partial charge in [0.2, 0.25) is 5.69 Å². The van der Waals surface area contributed by atoms with Crippen molar-refractivity contribution >= 4 is 71.3 Å². The lowest BCUT2D eigenvalue weighted by Crippen LogP contribution is -2.15. The molecule has 0 saturated heterocycles. The van der Waals surface area contributed by atoms with Crippen molar-refractivity contribution in [2.45, 2.75) is 4.90 Å². The van der Waals surface area contributed by atoms with Crippen molar-refractivity contribution in [3.63, 3.8) is 0 Å². The molecule has 13 nitrogen and oxygen atoms in total. The second-order valence-corrected chi connectivity index (χ2v) is 13.3. The van der Waals surface area contributed by atoms with Crippen LogP contribution in [0, 0.1) is 20.2 Å². The molecule has 2 heterocycles. The van der Waals surface area contributed by atoms with E-state index in [-0.39, 0.29) is 27.0 Å². The maximum absolute atomic E-state index is 13.3. The molecule has 7 rings (SSSR count). The molecule has 0 atom stereocenters. The Kier molecular flexibility index (Phi) is 7.82. The summed E-state index contributed by atoms with van der Waals surface area (Å²) < 4.78 is 30.0. The number of aromatic nitrogens is 2. The average Bonchev–Trinajstić information content (AvgIpc) is 3.70. The van der Waals surface area contributed by atoms with Gasteiger partial charge < -0.3 is 5.32 Å². The van der Waals surface area contributed by atoms with Gasteiger partial charge in [-0.05, 0) is 36.4 Å². The number of nitrogens with one attached hydrogen (secondary N) is 2. The zero-order chi connectivity index (χ0) is 34.3. The zero-order valence-corrected chi connectivity index (χ0v) is 26.6. The van der Waals surface area contributed by atoms with E-state index >= 15 is 0 Å². The summed E-state index contributed by atoms with van der Waals surface area (Å²) in [6.07, 6.45) is 0. The highest BCUT2D eigenvalue weighted by Gasteiger charge is 2.32. The number of carbonyl (C=O) groups excluding carboxylic acids is 1. The van der Waals surface area contributed by atoms with Gasteiger partial charge in [-0.1, -0.05) is 66.7 Å². The van der Waals surface area contributed by atoms with Gasteiger partial charge in [0, 0.05) is 39.5 Å². The first-order valence-corrected chi connectivity index (χ1v) is 16.9. The van der Waals surface area contributed by atoms with Crippen molar-refractivity contribution in [2.24, 2.45) is 0 Å². The lowest BCUT2D eigenvalue weighted by atomic mass is 10.1. The molecule has 0 fully saturated rings. The van der Waals surface area contributed by atoms with Gasteiger partial charge in [-0.3, -0.25) is 34.3 Å². The Morgan fingerprint density at radius 1 is 0.755 bits per heavy atom. The van der Waals surface area contributed by atoms with Crippen LogP contribution in [0.3, 0.4) is 0 Å². The van der Waals surface area contributed by atoms with Gasteiger partial charge in [-0.25, -0.2) is 13.4 Å². The van der Waals surface area contributed by atoms with Crippen LogP contribution in [-0.4, -0.2) is 33.7 Å². The molecule has 0 saturated carbocycles. The standard InChI is InChI=1S/C34H22N6O7S2/c41-33(35-23-14-16-24(17-15-23)49(46,47)37-34-36-27(20-48-34)21-8-2-1-3-9-21)22-18-30(39(42)43)32(31(19-22)40(44)45)38-28-12-6-4-10-25(28)26-11-5-7-13-29(26)38/h1-20H,(H,35,41)(H,36,37). The van der Waals surface area contributed by atoms with Crippen LogP contribution in [0.1, 0.15) is 10.4 Å². The maximum atomic E-state index is 13.3. The molecule has 1 amide bonds. The molecule has 15 heteroatoms. The van der Waals surface area contributed by atoms with Crippen LogP contribution in [0.4, 0.5) is 22.2 Å². The Hall–Kier alpha value is -6.45. The normalized spacial score (nSPS) is 11.4. The summed E-state index contributed by atoms with van der Waals surface area (Å²) in [7, 11) is -4.03. The number of amides is 1. The van der Waals surface area contributed by atoms with E-state index in [1.165, 1.54) is 28.8 Å². The highest BCUT2D eigenvalue weighted by Crippen LogP contribution is 2.40. The Morgan fingerprint density at radius 2 is 1.31 bits per heavy atom. The third kappa shape index (κ3) is 5.83. The predicted molar refractivity (Wildman–Crippen MR) is 187 cm³/mol. The largest absolute Gasteiger partial charge is 0.322 e. The topological polar surface area (TPSA) is 179 Å².